The monoisotopic (exact) mass is 328 g/mol. The normalized spacial score (nSPS) is 17.0. The van der Waals surface area contributed by atoms with Crippen LogP contribution >= 0.6 is 0 Å². The molecule has 124 valence electrons. The minimum atomic E-state index is -0.787. The zero-order chi connectivity index (χ0) is 17.1. The van der Waals surface area contributed by atoms with Crippen molar-refractivity contribution in [3.8, 4) is 5.75 Å². The molecule has 2 heterocycles. The summed E-state index contributed by atoms with van der Waals surface area (Å²) in [6, 6.07) is 9.64. The number of nitrogens with zero attached hydrogens (tertiary/aromatic N) is 1. The Labute approximate surface area is 138 Å². The van der Waals surface area contributed by atoms with Gasteiger partial charge in [0.25, 0.3) is 11.7 Å². The molecule has 7 nitrogen and oxygen atoms in total. The molecule has 3 rings (SSSR count). The van der Waals surface area contributed by atoms with E-state index in [9.17, 15) is 14.4 Å². The highest BCUT2D eigenvalue weighted by Gasteiger charge is 2.34. The lowest BCUT2D eigenvalue weighted by molar-refractivity contribution is -0.118. The number of Topliss-reactive ketones (excluding diaryl/α,β-unsaturated/α-hetero) is 1. The van der Waals surface area contributed by atoms with Crippen LogP contribution in [-0.2, 0) is 9.59 Å². The maximum Gasteiger partial charge on any atom is 0.296 e. The molecular weight excluding hydrogens is 312 g/mol. The first-order valence-corrected chi connectivity index (χ1v) is 7.42. The molecule has 1 fully saturated rings. The van der Waals surface area contributed by atoms with Crippen LogP contribution in [-0.4, -0.2) is 37.3 Å². The van der Waals surface area contributed by atoms with Crippen molar-refractivity contribution in [2.45, 2.75) is 12.5 Å². The van der Waals surface area contributed by atoms with E-state index in [1.54, 1.807) is 23.1 Å². The van der Waals surface area contributed by atoms with Crippen molar-refractivity contribution >= 4 is 23.3 Å². The van der Waals surface area contributed by atoms with Gasteiger partial charge in [0.2, 0.25) is 5.91 Å². The number of nitrogens with one attached hydrogen (secondary N) is 1. The maximum absolute atomic E-state index is 12.2. The molecule has 0 saturated carbocycles. The zero-order valence-electron chi connectivity index (χ0n) is 13.0. The Morgan fingerprint density at radius 1 is 1.25 bits per heavy atom. The number of methoxy groups -OCH3 is 1. The Morgan fingerprint density at radius 2 is 2.04 bits per heavy atom. The van der Waals surface area contributed by atoms with E-state index in [1.807, 2.05) is 6.07 Å². The standard InChI is InChI=1S/C17H16N2O5/c1-23-13-6-3-2-5-12(13)19-10-11(9-15(19)20)18-17(22)16(21)14-7-4-8-24-14/h2-8,11H,9-10H2,1H3,(H,18,22)/t11-/m1/s1. The second kappa shape index (κ2) is 6.57. The lowest BCUT2D eigenvalue weighted by atomic mass is 10.2. The Morgan fingerprint density at radius 3 is 2.75 bits per heavy atom. The summed E-state index contributed by atoms with van der Waals surface area (Å²) in [6.07, 6.45) is 1.44. The number of furan rings is 1. The highest BCUT2D eigenvalue weighted by Crippen LogP contribution is 2.30. The number of carbonyl (C=O) groups is 3. The lowest BCUT2D eigenvalue weighted by Gasteiger charge is -2.19. The Balaban J connectivity index is 1.69. The van der Waals surface area contributed by atoms with Crippen molar-refractivity contribution in [1.82, 2.24) is 5.32 Å². The number of hydrogen-bond acceptors (Lipinski definition) is 5. The van der Waals surface area contributed by atoms with E-state index in [0.717, 1.165) is 0 Å². The molecule has 0 bridgehead atoms. The number of amides is 2. The lowest BCUT2D eigenvalue weighted by Crippen LogP contribution is -2.40. The van der Waals surface area contributed by atoms with Crippen molar-refractivity contribution < 1.29 is 23.5 Å². The van der Waals surface area contributed by atoms with Gasteiger partial charge in [-0.05, 0) is 24.3 Å². The molecule has 1 aromatic heterocycles. The van der Waals surface area contributed by atoms with Gasteiger partial charge >= 0.3 is 0 Å². The summed E-state index contributed by atoms with van der Waals surface area (Å²) in [5.74, 6) is -1.15. The van der Waals surface area contributed by atoms with E-state index in [0.29, 0.717) is 11.4 Å². The first-order valence-electron chi connectivity index (χ1n) is 7.42. The van der Waals surface area contributed by atoms with Crippen LogP contribution < -0.4 is 15.0 Å². The van der Waals surface area contributed by atoms with Crippen molar-refractivity contribution in [3.05, 3.63) is 48.4 Å². The zero-order valence-corrected chi connectivity index (χ0v) is 13.0. The molecule has 24 heavy (non-hydrogen) atoms. The largest absolute Gasteiger partial charge is 0.495 e. The quantitative estimate of drug-likeness (QED) is 0.662. The van der Waals surface area contributed by atoms with Gasteiger partial charge in [-0.15, -0.1) is 0 Å². The van der Waals surface area contributed by atoms with Crippen LogP contribution in [0.4, 0.5) is 5.69 Å². The van der Waals surface area contributed by atoms with Crippen LogP contribution in [0.25, 0.3) is 0 Å². The van der Waals surface area contributed by atoms with Crippen LogP contribution in [0.2, 0.25) is 0 Å². The molecule has 2 amide bonds. The molecule has 1 aliphatic rings. The molecule has 1 aliphatic heterocycles. The van der Waals surface area contributed by atoms with Crippen molar-refractivity contribution in [3.63, 3.8) is 0 Å². The summed E-state index contributed by atoms with van der Waals surface area (Å²) in [6.45, 7) is 0.274. The minimum absolute atomic E-state index is 0.0293. The topological polar surface area (TPSA) is 88.8 Å². The second-order valence-corrected chi connectivity index (χ2v) is 5.36. The Bertz CT molecular complexity index is 769. The highest BCUT2D eigenvalue weighted by atomic mass is 16.5. The average molecular weight is 328 g/mol. The first-order chi connectivity index (χ1) is 11.6. The summed E-state index contributed by atoms with van der Waals surface area (Å²) < 4.78 is 10.2. The molecule has 0 spiro atoms. The van der Waals surface area contributed by atoms with E-state index in [-0.39, 0.29) is 24.6 Å². The number of hydrogen-bond donors (Lipinski definition) is 1. The van der Waals surface area contributed by atoms with Gasteiger partial charge < -0.3 is 19.4 Å². The molecule has 0 unspecified atom stereocenters. The number of carbonyl (C=O) groups excluding carboxylic acids is 3. The molecular formula is C17H16N2O5. The Hall–Kier alpha value is -3.09. The van der Waals surface area contributed by atoms with Gasteiger partial charge in [-0.1, -0.05) is 12.1 Å². The maximum atomic E-state index is 12.2. The number of rotatable bonds is 5. The van der Waals surface area contributed by atoms with Crippen molar-refractivity contribution in [2.24, 2.45) is 0 Å². The number of ketones is 1. The number of benzene rings is 1. The molecule has 0 radical (unpaired) electrons. The summed E-state index contributed by atoms with van der Waals surface area (Å²) in [5, 5.41) is 2.58. The van der Waals surface area contributed by atoms with Crippen molar-refractivity contribution in [2.75, 3.05) is 18.6 Å². The third kappa shape index (κ3) is 3.01. The molecule has 2 aromatic rings. The third-order valence-electron chi connectivity index (χ3n) is 3.79. The van der Waals surface area contributed by atoms with Crippen molar-refractivity contribution in [1.29, 1.82) is 0 Å². The Kier molecular flexibility index (Phi) is 4.33. The fraction of sp³-hybridized carbons (Fsp3) is 0.235. The second-order valence-electron chi connectivity index (χ2n) is 5.36. The fourth-order valence-electron chi connectivity index (χ4n) is 2.66. The average Bonchev–Trinajstić information content (AvgIpc) is 3.24. The van der Waals surface area contributed by atoms with Crippen LogP contribution in [0.5, 0.6) is 5.75 Å². The summed E-state index contributed by atoms with van der Waals surface area (Å²) >= 11 is 0. The van der Waals surface area contributed by atoms with Crippen LogP contribution in [0, 0.1) is 0 Å². The summed E-state index contributed by atoms with van der Waals surface area (Å²) in [4.78, 5) is 37.7. The van der Waals surface area contributed by atoms with E-state index in [2.05, 4.69) is 5.32 Å². The molecule has 0 aliphatic carbocycles. The molecule has 1 N–H and O–H groups in total. The summed E-state index contributed by atoms with van der Waals surface area (Å²) in [5.41, 5.74) is 0.638. The van der Waals surface area contributed by atoms with E-state index in [4.69, 9.17) is 9.15 Å². The predicted octanol–water partition coefficient (Wildman–Crippen LogP) is 1.39. The van der Waals surface area contributed by atoms with Crippen LogP contribution in [0.15, 0.2) is 47.1 Å². The number of para-hydroxylation sites is 2. The predicted molar refractivity (Wildman–Crippen MR) is 84.9 cm³/mol. The van der Waals surface area contributed by atoms with E-state index in [1.165, 1.54) is 25.5 Å². The van der Waals surface area contributed by atoms with E-state index < -0.39 is 17.7 Å². The minimum Gasteiger partial charge on any atom is -0.495 e. The van der Waals surface area contributed by atoms with Gasteiger partial charge in [0.1, 0.15) is 5.75 Å². The SMILES string of the molecule is COc1ccccc1N1C[C@H](NC(=O)C(=O)c2ccco2)CC1=O. The number of ether oxygens (including phenoxy) is 1. The van der Waals surface area contributed by atoms with Crippen LogP contribution in [0.1, 0.15) is 17.0 Å². The van der Waals surface area contributed by atoms with E-state index >= 15 is 0 Å². The first kappa shape index (κ1) is 15.8. The fourth-order valence-corrected chi connectivity index (χ4v) is 2.66. The van der Waals surface area contributed by atoms with Gasteiger partial charge in [0.15, 0.2) is 5.76 Å². The molecule has 1 aromatic carbocycles. The van der Waals surface area contributed by atoms with Gasteiger partial charge in [0, 0.05) is 13.0 Å². The third-order valence-corrected chi connectivity index (χ3v) is 3.79. The molecule has 1 atom stereocenters. The highest BCUT2D eigenvalue weighted by molar-refractivity contribution is 6.42. The summed E-state index contributed by atoms with van der Waals surface area (Å²) in [7, 11) is 1.53. The molecule has 7 heteroatoms. The van der Waals surface area contributed by atoms with Gasteiger partial charge in [0.05, 0.1) is 25.1 Å². The molecule has 1 saturated heterocycles. The number of anilines is 1. The smallest absolute Gasteiger partial charge is 0.296 e. The van der Waals surface area contributed by atoms with Gasteiger partial charge in [-0.2, -0.15) is 0 Å². The van der Waals surface area contributed by atoms with Gasteiger partial charge in [-0.3, -0.25) is 14.4 Å². The van der Waals surface area contributed by atoms with Gasteiger partial charge in [-0.25, -0.2) is 0 Å². The van der Waals surface area contributed by atoms with Crippen LogP contribution in [0.3, 0.4) is 0 Å².